The number of carbonyl (C=O) groups is 1. The summed E-state index contributed by atoms with van der Waals surface area (Å²) in [4.78, 5) is 14.8. The molecule has 1 amide bonds. The number of amides is 1. The molecule has 1 aromatic carbocycles. The summed E-state index contributed by atoms with van der Waals surface area (Å²) in [6, 6.07) is 9.18. The number of anilines is 1. The molecule has 0 saturated heterocycles. The molecule has 0 radical (unpaired) electrons. The van der Waals surface area contributed by atoms with Crippen LogP contribution in [-0.4, -0.2) is 17.4 Å². The van der Waals surface area contributed by atoms with E-state index < -0.39 is 0 Å². The fourth-order valence-electron chi connectivity index (χ4n) is 1.75. The number of rotatable bonds is 2. The topological polar surface area (TPSA) is 70.9 Å². The summed E-state index contributed by atoms with van der Waals surface area (Å²) >= 11 is 0. The second-order valence-electron chi connectivity index (χ2n) is 4.13. The predicted molar refractivity (Wildman–Crippen MR) is 75.9 cm³/mol. The molecule has 0 aliphatic rings. The van der Waals surface area contributed by atoms with E-state index in [0.717, 1.165) is 16.8 Å². The summed E-state index contributed by atoms with van der Waals surface area (Å²) in [5.74, 6) is 5.59. The van der Waals surface area contributed by atoms with Gasteiger partial charge in [0.1, 0.15) is 5.69 Å². The second-order valence-corrected chi connectivity index (χ2v) is 4.13. The van der Waals surface area contributed by atoms with Gasteiger partial charge in [0.25, 0.3) is 5.91 Å². The van der Waals surface area contributed by atoms with Crippen LogP contribution in [0.5, 0.6) is 0 Å². The van der Waals surface area contributed by atoms with Gasteiger partial charge in [-0.25, -0.2) is 0 Å². The summed E-state index contributed by atoms with van der Waals surface area (Å²) in [5.41, 5.74) is 8.47. The zero-order valence-corrected chi connectivity index (χ0v) is 10.7. The maximum Gasteiger partial charge on any atom is 0.272 e. The van der Waals surface area contributed by atoms with Crippen molar-refractivity contribution >= 4 is 11.6 Å². The number of benzene rings is 1. The van der Waals surface area contributed by atoms with Crippen molar-refractivity contribution in [1.82, 2.24) is 4.98 Å². The molecule has 0 atom stereocenters. The van der Waals surface area contributed by atoms with Crippen LogP contribution in [0.3, 0.4) is 0 Å². The Morgan fingerprint density at radius 3 is 2.95 bits per heavy atom. The van der Waals surface area contributed by atoms with Gasteiger partial charge in [0.15, 0.2) is 0 Å². The Balaban J connectivity index is 2.20. The number of aromatic amines is 1. The van der Waals surface area contributed by atoms with E-state index in [9.17, 15) is 4.79 Å². The third-order valence-electron chi connectivity index (χ3n) is 2.51. The molecule has 2 rings (SSSR count). The van der Waals surface area contributed by atoms with Gasteiger partial charge < -0.3 is 16.0 Å². The highest BCUT2D eigenvalue weighted by Gasteiger charge is 2.06. The molecule has 0 fully saturated rings. The summed E-state index contributed by atoms with van der Waals surface area (Å²) in [6.45, 7) is 2.27. The average molecular weight is 253 g/mol. The average Bonchev–Trinajstić information content (AvgIpc) is 2.89. The van der Waals surface area contributed by atoms with Crippen LogP contribution in [0, 0.1) is 18.8 Å². The fourth-order valence-corrected chi connectivity index (χ4v) is 1.75. The zero-order valence-electron chi connectivity index (χ0n) is 10.7. The van der Waals surface area contributed by atoms with Crippen molar-refractivity contribution in [1.29, 1.82) is 0 Å². The van der Waals surface area contributed by atoms with Crippen LogP contribution in [-0.2, 0) is 0 Å². The maximum absolute atomic E-state index is 11.9. The van der Waals surface area contributed by atoms with Gasteiger partial charge in [0.2, 0.25) is 0 Å². The Morgan fingerprint density at radius 1 is 1.42 bits per heavy atom. The van der Waals surface area contributed by atoms with Gasteiger partial charge in [-0.15, -0.1) is 0 Å². The van der Waals surface area contributed by atoms with Crippen molar-refractivity contribution in [3.8, 4) is 11.8 Å². The lowest BCUT2D eigenvalue weighted by Crippen LogP contribution is -2.12. The van der Waals surface area contributed by atoms with Crippen molar-refractivity contribution in [3.05, 3.63) is 53.3 Å². The number of aryl methyl sites for hydroxylation is 1. The minimum atomic E-state index is -0.173. The molecule has 0 aliphatic carbocycles. The number of hydrogen-bond donors (Lipinski definition) is 3. The Morgan fingerprint density at radius 2 is 2.26 bits per heavy atom. The lowest BCUT2D eigenvalue weighted by molar-refractivity contribution is 0.102. The first-order valence-corrected chi connectivity index (χ1v) is 5.94. The minimum Gasteiger partial charge on any atom is -0.357 e. The number of nitrogens with two attached hydrogens (primary N) is 1. The highest BCUT2D eigenvalue weighted by molar-refractivity contribution is 6.03. The molecular formula is C15H15N3O. The first-order valence-electron chi connectivity index (χ1n) is 5.94. The van der Waals surface area contributed by atoms with Crippen molar-refractivity contribution in [3.63, 3.8) is 0 Å². The van der Waals surface area contributed by atoms with Crippen molar-refractivity contribution in [2.45, 2.75) is 6.92 Å². The van der Waals surface area contributed by atoms with Crippen LogP contribution >= 0.6 is 0 Å². The van der Waals surface area contributed by atoms with E-state index in [1.807, 2.05) is 25.1 Å². The van der Waals surface area contributed by atoms with E-state index in [1.165, 1.54) is 0 Å². The number of aromatic nitrogens is 1. The monoisotopic (exact) mass is 253 g/mol. The van der Waals surface area contributed by atoms with Crippen LogP contribution in [0.2, 0.25) is 0 Å². The van der Waals surface area contributed by atoms with Crippen molar-refractivity contribution in [2.24, 2.45) is 5.73 Å². The fraction of sp³-hybridized carbons (Fsp3) is 0.133. The van der Waals surface area contributed by atoms with E-state index in [4.69, 9.17) is 5.73 Å². The molecule has 0 unspecified atom stereocenters. The summed E-state index contributed by atoms with van der Waals surface area (Å²) < 4.78 is 0. The highest BCUT2D eigenvalue weighted by atomic mass is 16.1. The minimum absolute atomic E-state index is 0.173. The van der Waals surface area contributed by atoms with Gasteiger partial charge in [0.05, 0.1) is 6.54 Å². The van der Waals surface area contributed by atoms with Gasteiger partial charge in [-0.3, -0.25) is 4.79 Å². The molecule has 0 spiro atoms. The quantitative estimate of drug-likeness (QED) is 0.715. The zero-order chi connectivity index (χ0) is 13.7. The lowest BCUT2D eigenvalue weighted by atomic mass is 10.1. The number of H-pyrrole nitrogens is 1. The molecule has 96 valence electrons. The number of carbonyl (C=O) groups excluding carboxylic acids is 1. The van der Waals surface area contributed by atoms with E-state index in [1.54, 1.807) is 18.3 Å². The van der Waals surface area contributed by atoms with Crippen molar-refractivity contribution < 1.29 is 4.79 Å². The Hall–Kier alpha value is -2.51. The Labute approximate surface area is 112 Å². The van der Waals surface area contributed by atoms with Crippen LogP contribution < -0.4 is 11.1 Å². The molecule has 1 heterocycles. The molecule has 4 nitrogen and oxygen atoms in total. The molecule has 1 aromatic heterocycles. The third kappa shape index (κ3) is 3.47. The largest absolute Gasteiger partial charge is 0.357 e. The molecule has 0 saturated carbocycles. The van der Waals surface area contributed by atoms with Crippen LogP contribution in [0.25, 0.3) is 0 Å². The van der Waals surface area contributed by atoms with Gasteiger partial charge in [-0.05, 0) is 42.8 Å². The van der Waals surface area contributed by atoms with E-state index in [2.05, 4.69) is 22.1 Å². The normalized spacial score (nSPS) is 9.58. The lowest BCUT2D eigenvalue weighted by Gasteiger charge is -2.06. The third-order valence-corrected chi connectivity index (χ3v) is 2.51. The standard InChI is InChI=1S/C15H15N3O/c1-11-8-12(4-2-6-16)10-13(9-11)18-15(19)14-5-3-7-17-14/h3,5,7-10,17H,6,16H2,1H3,(H,18,19). The SMILES string of the molecule is Cc1cc(C#CCN)cc(NC(=O)c2ccc[nH]2)c1. The molecule has 4 heteroatoms. The first-order chi connectivity index (χ1) is 9.19. The number of hydrogen-bond acceptors (Lipinski definition) is 2. The summed E-state index contributed by atoms with van der Waals surface area (Å²) in [7, 11) is 0. The molecule has 0 aliphatic heterocycles. The van der Waals surface area contributed by atoms with E-state index in [0.29, 0.717) is 12.2 Å². The maximum atomic E-state index is 11.9. The van der Waals surface area contributed by atoms with Gasteiger partial charge in [-0.1, -0.05) is 11.8 Å². The Bertz CT molecular complexity index is 633. The van der Waals surface area contributed by atoms with Crippen LogP contribution in [0.15, 0.2) is 36.5 Å². The van der Waals surface area contributed by atoms with E-state index >= 15 is 0 Å². The van der Waals surface area contributed by atoms with Crippen molar-refractivity contribution in [2.75, 3.05) is 11.9 Å². The molecule has 4 N–H and O–H groups in total. The molecule has 2 aromatic rings. The predicted octanol–water partition coefficient (Wildman–Crippen LogP) is 1.89. The van der Waals surface area contributed by atoms with E-state index in [-0.39, 0.29) is 5.91 Å². The van der Waals surface area contributed by atoms with Gasteiger partial charge in [0, 0.05) is 17.4 Å². The summed E-state index contributed by atoms with van der Waals surface area (Å²) in [6.07, 6.45) is 1.71. The van der Waals surface area contributed by atoms with Crippen LogP contribution in [0.4, 0.5) is 5.69 Å². The van der Waals surface area contributed by atoms with Crippen LogP contribution in [0.1, 0.15) is 21.6 Å². The molecular weight excluding hydrogens is 238 g/mol. The molecule has 0 bridgehead atoms. The Kier molecular flexibility index (Phi) is 4.01. The summed E-state index contributed by atoms with van der Waals surface area (Å²) in [5, 5.41) is 2.83. The van der Waals surface area contributed by atoms with Gasteiger partial charge in [-0.2, -0.15) is 0 Å². The van der Waals surface area contributed by atoms with Gasteiger partial charge >= 0.3 is 0 Å². The first kappa shape index (κ1) is 12.9. The molecule has 19 heavy (non-hydrogen) atoms. The smallest absolute Gasteiger partial charge is 0.272 e. The highest BCUT2D eigenvalue weighted by Crippen LogP contribution is 2.14. The second kappa shape index (κ2) is 5.89. The number of nitrogens with one attached hydrogen (secondary N) is 2.